The van der Waals surface area contributed by atoms with Gasteiger partial charge in [-0.1, -0.05) is 26.0 Å². The Bertz CT molecular complexity index is 423. The second kappa shape index (κ2) is 7.03. The maximum Gasteiger partial charge on any atom is 0.123 e. The lowest BCUT2D eigenvalue weighted by molar-refractivity contribution is 0.383. The average Bonchev–Trinajstić information content (AvgIpc) is 2.43. The number of nitrogens with one attached hydrogen (secondary N) is 1. The maximum atomic E-state index is 9.25. The maximum absolute atomic E-state index is 9.25. The summed E-state index contributed by atoms with van der Waals surface area (Å²) in [5, 5.41) is 12.5. The molecule has 0 spiro atoms. The molecule has 2 unspecified atom stereocenters. The van der Waals surface area contributed by atoms with Crippen molar-refractivity contribution in [3.05, 3.63) is 29.3 Å². The molecule has 3 nitrogen and oxygen atoms in total. The van der Waals surface area contributed by atoms with Crippen molar-refractivity contribution in [1.82, 2.24) is 5.32 Å². The summed E-state index contributed by atoms with van der Waals surface area (Å²) < 4.78 is 5.42. The summed E-state index contributed by atoms with van der Waals surface area (Å²) in [5.74, 6) is 0.802. The smallest absolute Gasteiger partial charge is 0.123 e. The number of hydrogen-bond donors (Lipinski definition) is 1. The van der Waals surface area contributed by atoms with Crippen molar-refractivity contribution in [2.45, 2.75) is 32.7 Å². The largest absolute Gasteiger partial charge is 0.496 e. The lowest BCUT2D eigenvalue weighted by Gasteiger charge is -2.23. The van der Waals surface area contributed by atoms with Crippen LogP contribution in [-0.2, 0) is 6.42 Å². The average molecular weight is 246 g/mol. The van der Waals surface area contributed by atoms with Gasteiger partial charge in [-0.15, -0.1) is 0 Å². The van der Waals surface area contributed by atoms with Gasteiger partial charge in [0.25, 0.3) is 0 Å². The molecule has 0 bridgehead atoms. The van der Waals surface area contributed by atoms with Gasteiger partial charge in [0.1, 0.15) is 5.75 Å². The number of benzene rings is 1. The van der Waals surface area contributed by atoms with E-state index in [4.69, 9.17) is 4.74 Å². The van der Waals surface area contributed by atoms with Crippen LogP contribution in [0.2, 0.25) is 0 Å². The monoisotopic (exact) mass is 246 g/mol. The molecule has 0 radical (unpaired) electrons. The first-order valence-electron chi connectivity index (χ1n) is 6.45. The highest BCUT2D eigenvalue weighted by molar-refractivity contribution is 5.40. The van der Waals surface area contributed by atoms with Crippen LogP contribution in [0.4, 0.5) is 0 Å². The molecule has 0 fully saturated rings. The zero-order chi connectivity index (χ0) is 13.5. The summed E-state index contributed by atoms with van der Waals surface area (Å²) in [6, 6.07) is 8.59. The van der Waals surface area contributed by atoms with E-state index in [2.05, 4.69) is 30.4 Å². The molecule has 0 saturated carbocycles. The van der Waals surface area contributed by atoms with Gasteiger partial charge in [-0.05, 0) is 31.5 Å². The molecule has 0 aliphatic heterocycles. The van der Waals surface area contributed by atoms with E-state index in [0.717, 1.165) is 24.2 Å². The predicted octanol–water partition coefficient (Wildman–Crippen LogP) is 3.07. The van der Waals surface area contributed by atoms with Crippen LogP contribution in [0, 0.1) is 17.2 Å². The Balaban J connectivity index is 3.22. The summed E-state index contributed by atoms with van der Waals surface area (Å²) >= 11 is 0. The molecule has 0 saturated heterocycles. The standard InChI is InChI=1S/C15H22N2O/c1-5-11-7-8-14(18-4)13(9-11)15(17-3)12(6-2)10-16/h7-9,12,15,17H,5-6H2,1-4H3. The Hall–Kier alpha value is -1.53. The van der Waals surface area contributed by atoms with Gasteiger partial charge in [-0.2, -0.15) is 5.26 Å². The molecule has 2 atom stereocenters. The summed E-state index contributed by atoms with van der Waals surface area (Å²) in [6.45, 7) is 4.16. The summed E-state index contributed by atoms with van der Waals surface area (Å²) in [5.41, 5.74) is 2.34. The minimum absolute atomic E-state index is 0.0152. The van der Waals surface area contributed by atoms with Gasteiger partial charge >= 0.3 is 0 Å². The Kier molecular flexibility index (Phi) is 5.67. The highest BCUT2D eigenvalue weighted by atomic mass is 16.5. The SMILES string of the molecule is CCc1ccc(OC)c(C(NC)C(C#N)CC)c1. The quantitative estimate of drug-likeness (QED) is 0.839. The van der Waals surface area contributed by atoms with E-state index in [0.29, 0.717) is 0 Å². The van der Waals surface area contributed by atoms with E-state index < -0.39 is 0 Å². The normalized spacial score (nSPS) is 13.7. The van der Waals surface area contributed by atoms with Gasteiger partial charge in [-0.3, -0.25) is 0 Å². The molecule has 1 rings (SSSR count). The van der Waals surface area contributed by atoms with Crippen molar-refractivity contribution in [1.29, 1.82) is 5.26 Å². The van der Waals surface area contributed by atoms with E-state index in [1.54, 1.807) is 7.11 Å². The fraction of sp³-hybridized carbons (Fsp3) is 0.533. The van der Waals surface area contributed by atoms with E-state index in [9.17, 15) is 5.26 Å². The number of methoxy groups -OCH3 is 1. The fourth-order valence-electron chi connectivity index (χ4n) is 2.22. The molecule has 98 valence electrons. The zero-order valence-electron chi connectivity index (χ0n) is 11.7. The molecule has 0 amide bonds. The lowest BCUT2D eigenvalue weighted by Crippen LogP contribution is -2.24. The number of aryl methyl sites for hydroxylation is 1. The van der Waals surface area contributed by atoms with Crippen molar-refractivity contribution in [3.63, 3.8) is 0 Å². The predicted molar refractivity (Wildman–Crippen MR) is 73.6 cm³/mol. The first-order valence-corrected chi connectivity index (χ1v) is 6.45. The number of hydrogen-bond acceptors (Lipinski definition) is 3. The van der Waals surface area contributed by atoms with Crippen molar-refractivity contribution >= 4 is 0 Å². The van der Waals surface area contributed by atoms with E-state index in [-0.39, 0.29) is 12.0 Å². The second-order valence-electron chi connectivity index (χ2n) is 4.34. The summed E-state index contributed by atoms with van der Waals surface area (Å²) in [4.78, 5) is 0. The van der Waals surface area contributed by atoms with Crippen LogP contribution in [-0.4, -0.2) is 14.2 Å². The molecule has 3 heteroatoms. The molecule has 0 aliphatic rings. The molecule has 0 aromatic heterocycles. The zero-order valence-corrected chi connectivity index (χ0v) is 11.7. The first-order chi connectivity index (χ1) is 8.71. The fourth-order valence-corrected chi connectivity index (χ4v) is 2.22. The molecule has 18 heavy (non-hydrogen) atoms. The number of nitrogens with zero attached hydrogens (tertiary/aromatic N) is 1. The van der Waals surface area contributed by atoms with Crippen LogP contribution in [0.1, 0.15) is 37.4 Å². The second-order valence-corrected chi connectivity index (χ2v) is 4.34. The molecule has 1 aromatic carbocycles. The van der Waals surface area contributed by atoms with E-state index in [1.165, 1.54) is 5.56 Å². The molecular weight excluding hydrogens is 224 g/mol. The van der Waals surface area contributed by atoms with Crippen LogP contribution in [0.5, 0.6) is 5.75 Å². The minimum atomic E-state index is -0.0454. The summed E-state index contributed by atoms with van der Waals surface area (Å²) in [6.07, 6.45) is 1.80. The highest BCUT2D eigenvalue weighted by Crippen LogP contribution is 2.32. The van der Waals surface area contributed by atoms with Crippen molar-refractivity contribution in [2.24, 2.45) is 5.92 Å². The van der Waals surface area contributed by atoms with Crippen LogP contribution < -0.4 is 10.1 Å². The van der Waals surface area contributed by atoms with E-state index in [1.807, 2.05) is 20.0 Å². The molecular formula is C15H22N2O. The van der Waals surface area contributed by atoms with Crippen molar-refractivity contribution in [3.8, 4) is 11.8 Å². The molecule has 0 heterocycles. The molecule has 0 aliphatic carbocycles. The van der Waals surface area contributed by atoms with Crippen LogP contribution in [0.15, 0.2) is 18.2 Å². The molecule has 1 N–H and O–H groups in total. The van der Waals surface area contributed by atoms with Gasteiger partial charge < -0.3 is 10.1 Å². The van der Waals surface area contributed by atoms with Crippen molar-refractivity contribution < 1.29 is 4.74 Å². The Morgan fingerprint density at radius 1 is 1.39 bits per heavy atom. The summed E-state index contributed by atoms with van der Waals surface area (Å²) in [7, 11) is 3.56. The Labute approximate surface area is 110 Å². The molecule has 1 aromatic rings. The first kappa shape index (κ1) is 14.5. The minimum Gasteiger partial charge on any atom is -0.496 e. The van der Waals surface area contributed by atoms with Gasteiger partial charge in [-0.25, -0.2) is 0 Å². The lowest BCUT2D eigenvalue weighted by atomic mass is 9.90. The van der Waals surface area contributed by atoms with Gasteiger partial charge in [0.05, 0.1) is 25.1 Å². The van der Waals surface area contributed by atoms with Gasteiger partial charge in [0, 0.05) is 5.56 Å². The van der Waals surface area contributed by atoms with Crippen LogP contribution in [0.3, 0.4) is 0 Å². The number of ether oxygens (including phenoxy) is 1. The Morgan fingerprint density at radius 3 is 2.56 bits per heavy atom. The topological polar surface area (TPSA) is 45.0 Å². The van der Waals surface area contributed by atoms with Crippen LogP contribution >= 0.6 is 0 Å². The highest BCUT2D eigenvalue weighted by Gasteiger charge is 2.23. The van der Waals surface area contributed by atoms with E-state index >= 15 is 0 Å². The number of nitriles is 1. The number of rotatable bonds is 6. The van der Waals surface area contributed by atoms with Crippen molar-refractivity contribution in [2.75, 3.05) is 14.2 Å². The third kappa shape index (κ3) is 3.02. The Morgan fingerprint density at radius 2 is 2.11 bits per heavy atom. The third-order valence-electron chi connectivity index (χ3n) is 3.36. The third-order valence-corrected chi connectivity index (χ3v) is 3.36. The van der Waals surface area contributed by atoms with Gasteiger partial charge in [0.15, 0.2) is 0 Å². The van der Waals surface area contributed by atoms with Gasteiger partial charge in [0.2, 0.25) is 0 Å². The van der Waals surface area contributed by atoms with Crippen LogP contribution in [0.25, 0.3) is 0 Å².